The van der Waals surface area contributed by atoms with Crippen LogP contribution < -0.4 is 4.74 Å². The molecule has 0 saturated heterocycles. The first kappa shape index (κ1) is 16.0. The van der Waals surface area contributed by atoms with Crippen LogP contribution in [-0.2, 0) is 9.59 Å². The third-order valence-electron chi connectivity index (χ3n) is 3.18. The number of carboxylic acid groups (broad SMARTS) is 1. The molecule has 110 valence electrons. The standard InChI is InChI=1S/C15H21NO4/c1-5-16(15(3,4)14(18)19)13(17)11(2)20-12-9-7-6-8-10-12/h6-11H,5H2,1-4H3,(H,18,19). The summed E-state index contributed by atoms with van der Waals surface area (Å²) in [6.07, 6.45) is -0.740. The zero-order valence-electron chi connectivity index (χ0n) is 12.3. The van der Waals surface area contributed by atoms with E-state index in [4.69, 9.17) is 4.74 Å². The Hall–Kier alpha value is -2.04. The lowest BCUT2D eigenvalue weighted by Gasteiger charge is -2.35. The van der Waals surface area contributed by atoms with Crippen molar-refractivity contribution in [3.8, 4) is 5.75 Å². The average Bonchev–Trinajstić information content (AvgIpc) is 2.40. The van der Waals surface area contributed by atoms with Gasteiger partial charge in [0.25, 0.3) is 5.91 Å². The number of aliphatic carboxylic acids is 1. The second kappa shape index (κ2) is 6.41. The van der Waals surface area contributed by atoms with Crippen LogP contribution in [0.3, 0.4) is 0 Å². The van der Waals surface area contributed by atoms with E-state index in [0.717, 1.165) is 0 Å². The molecule has 1 amide bonds. The van der Waals surface area contributed by atoms with E-state index in [1.165, 1.54) is 18.7 Å². The number of ether oxygens (including phenoxy) is 1. The summed E-state index contributed by atoms with van der Waals surface area (Å²) in [5, 5.41) is 9.23. The van der Waals surface area contributed by atoms with Crippen molar-refractivity contribution in [2.24, 2.45) is 0 Å². The van der Waals surface area contributed by atoms with Gasteiger partial charge in [-0.15, -0.1) is 0 Å². The molecule has 1 N–H and O–H groups in total. The Bertz CT molecular complexity index is 470. The van der Waals surface area contributed by atoms with Gasteiger partial charge >= 0.3 is 5.97 Å². The molecule has 0 aliphatic heterocycles. The van der Waals surface area contributed by atoms with Gasteiger partial charge in [0, 0.05) is 6.54 Å². The minimum Gasteiger partial charge on any atom is -0.481 e. The number of likely N-dealkylation sites (N-methyl/N-ethyl adjacent to an activating group) is 1. The highest BCUT2D eigenvalue weighted by Crippen LogP contribution is 2.18. The SMILES string of the molecule is CCN(C(=O)C(C)Oc1ccccc1)C(C)(C)C(=O)O. The van der Waals surface area contributed by atoms with Crippen LogP contribution in [0.15, 0.2) is 30.3 Å². The van der Waals surface area contributed by atoms with Crippen molar-refractivity contribution in [3.63, 3.8) is 0 Å². The van der Waals surface area contributed by atoms with E-state index in [2.05, 4.69) is 0 Å². The minimum atomic E-state index is -1.26. The van der Waals surface area contributed by atoms with Crippen molar-refractivity contribution in [3.05, 3.63) is 30.3 Å². The lowest BCUT2D eigenvalue weighted by atomic mass is 10.0. The Morgan fingerprint density at radius 1 is 1.30 bits per heavy atom. The largest absolute Gasteiger partial charge is 0.481 e. The van der Waals surface area contributed by atoms with Gasteiger partial charge in [-0.3, -0.25) is 4.79 Å². The van der Waals surface area contributed by atoms with E-state index in [9.17, 15) is 14.7 Å². The summed E-state index contributed by atoms with van der Waals surface area (Å²) >= 11 is 0. The number of hydrogen-bond acceptors (Lipinski definition) is 3. The highest BCUT2D eigenvalue weighted by atomic mass is 16.5. The normalized spacial score (nSPS) is 12.6. The van der Waals surface area contributed by atoms with Crippen LogP contribution >= 0.6 is 0 Å². The number of rotatable bonds is 6. The number of carbonyl (C=O) groups excluding carboxylic acids is 1. The van der Waals surface area contributed by atoms with Crippen LogP contribution in [0.1, 0.15) is 27.7 Å². The number of hydrogen-bond donors (Lipinski definition) is 1. The van der Waals surface area contributed by atoms with E-state index in [1.807, 2.05) is 18.2 Å². The molecule has 0 aromatic heterocycles. The molecule has 1 unspecified atom stereocenters. The summed E-state index contributed by atoms with van der Waals surface area (Å²) in [7, 11) is 0. The molecule has 0 aliphatic rings. The molecule has 0 saturated carbocycles. The number of benzene rings is 1. The molecule has 20 heavy (non-hydrogen) atoms. The Balaban J connectivity index is 2.84. The summed E-state index contributed by atoms with van der Waals surface area (Å²) in [5.41, 5.74) is -1.26. The second-order valence-electron chi connectivity index (χ2n) is 5.02. The Morgan fingerprint density at radius 3 is 2.30 bits per heavy atom. The molecule has 0 bridgehead atoms. The third kappa shape index (κ3) is 3.50. The summed E-state index contributed by atoms with van der Waals surface area (Å²) in [6, 6.07) is 8.98. The molecule has 0 radical (unpaired) electrons. The van der Waals surface area contributed by atoms with E-state index in [0.29, 0.717) is 12.3 Å². The molecule has 0 aliphatic carbocycles. The van der Waals surface area contributed by atoms with E-state index in [1.54, 1.807) is 26.0 Å². The molecule has 0 fully saturated rings. The van der Waals surface area contributed by atoms with Crippen molar-refractivity contribution in [1.82, 2.24) is 4.90 Å². The van der Waals surface area contributed by atoms with Crippen molar-refractivity contribution in [2.75, 3.05) is 6.54 Å². The Kier molecular flexibility index (Phi) is 5.13. The fourth-order valence-corrected chi connectivity index (χ4v) is 1.92. The predicted octanol–water partition coefficient (Wildman–Crippen LogP) is 2.17. The first-order chi connectivity index (χ1) is 9.30. The average molecular weight is 279 g/mol. The molecule has 1 aromatic rings. The van der Waals surface area contributed by atoms with Gasteiger partial charge in [-0.1, -0.05) is 18.2 Å². The van der Waals surface area contributed by atoms with Crippen LogP contribution in [0.5, 0.6) is 5.75 Å². The van der Waals surface area contributed by atoms with Crippen LogP contribution in [0.2, 0.25) is 0 Å². The topological polar surface area (TPSA) is 66.8 Å². The number of para-hydroxylation sites is 1. The minimum absolute atomic E-state index is 0.306. The van der Waals surface area contributed by atoms with Crippen molar-refractivity contribution in [1.29, 1.82) is 0 Å². The highest BCUT2D eigenvalue weighted by molar-refractivity contribution is 5.88. The maximum atomic E-state index is 12.4. The van der Waals surface area contributed by atoms with Gasteiger partial charge in [0.15, 0.2) is 6.10 Å². The molecule has 0 heterocycles. The molecular formula is C15H21NO4. The number of carboxylic acids is 1. The molecule has 1 rings (SSSR count). The molecule has 5 heteroatoms. The molecule has 1 atom stereocenters. The van der Waals surface area contributed by atoms with E-state index >= 15 is 0 Å². The van der Waals surface area contributed by atoms with Gasteiger partial charge in [-0.2, -0.15) is 0 Å². The van der Waals surface area contributed by atoms with Gasteiger partial charge in [0.05, 0.1) is 0 Å². The van der Waals surface area contributed by atoms with Crippen LogP contribution in [0, 0.1) is 0 Å². The third-order valence-corrected chi connectivity index (χ3v) is 3.18. The molecular weight excluding hydrogens is 258 g/mol. The lowest BCUT2D eigenvalue weighted by molar-refractivity contribution is -0.159. The van der Waals surface area contributed by atoms with Gasteiger partial charge < -0.3 is 14.7 Å². The molecule has 0 spiro atoms. The maximum absolute atomic E-state index is 12.4. The fourth-order valence-electron chi connectivity index (χ4n) is 1.92. The molecule has 5 nitrogen and oxygen atoms in total. The van der Waals surface area contributed by atoms with Gasteiger partial charge in [0.2, 0.25) is 0 Å². The Labute approximate surface area is 119 Å². The molecule has 1 aromatic carbocycles. The lowest BCUT2D eigenvalue weighted by Crippen LogP contribution is -2.56. The quantitative estimate of drug-likeness (QED) is 0.866. The second-order valence-corrected chi connectivity index (χ2v) is 5.02. The predicted molar refractivity (Wildman–Crippen MR) is 75.6 cm³/mol. The Morgan fingerprint density at radius 2 is 1.85 bits per heavy atom. The van der Waals surface area contributed by atoms with Crippen molar-refractivity contribution < 1.29 is 19.4 Å². The summed E-state index contributed by atoms with van der Waals surface area (Å²) in [6.45, 7) is 6.69. The first-order valence-electron chi connectivity index (χ1n) is 6.57. The van der Waals surface area contributed by atoms with E-state index in [-0.39, 0.29) is 5.91 Å². The first-order valence-corrected chi connectivity index (χ1v) is 6.57. The number of nitrogens with zero attached hydrogens (tertiary/aromatic N) is 1. The van der Waals surface area contributed by atoms with Gasteiger partial charge in [0.1, 0.15) is 11.3 Å². The summed E-state index contributed by atoms with van der Waals surface area (Å²) < 4.78 is 5.55. The monoisotopic (exact) mass is 279 g/mol. The van der Waals surface area contributed by atoms with Crippen LogP contribution in [0.4, 0.5) is 0 Å². The fraction of sp³-hybridized carbons (Fsp3) is 0.467. The number of amides is 1. The van der Waals surface area contributed by atoms with Gasteiger partial charge in [-0.05, 0) is 39.8 Å². The zero-order valence-corrected chi connectivity index (χ0v) is 12.3. The number of carbonyl (C=O) groups is 2. The summed E-state index contributed by atoms with van der Waals surface area (Å²) in [5.74, 6) is -0.805. The summed E-state index contributed by atoms with van der Waals surface area (Å²) in [4.78, 5) is 24.9. The van der Waals surface area contributed by atoms with Gasteiger partial charge in [-0.25, -0.2) is 4.79 Å². The van der Waals surface area contributed by atoms with Crippen molar-refractivity contribution in [2.45, 2.75) is 39.3 Å². The van der Waals surface area contributed by atoms with Crippen LogP contribution in [0.25, 0.3) is 0 Å². The highest BCUT2D eigenvalue weighted by Gasteiger charge is 2.38. The van der Waals surface area contributed by atoms with Crippen molar-refractivity contribution >= 4 is 11.9 Å². The van der Waals surface area contributed by atoms with E-state index < -0.39 is 17.6 Å². The maximum Gasteiger partial charge on any atom is 0.329 e. The van der Waals surface area contributed by atoms with Crippen LogP contribution in [-0.4, -0.2) is 40.1 Å². The smallest absolute Gasteiger partial charge is 0.329 e. The zero-order chi connectivity index (χ0) is 15.3.